The summed E-state index contributed by atoms with van der Waals surface area (Å²) < 4.78 is 2.90. The van der Waals surface area contributed by atoms with Crippen LogP contribution in [0.1, 0.15) is 68.9 Å². The first-order valence-corrected chi connectivity index (χ1v) is 24.7. The summed E-state index contributed by atoms with van der Waals surface area (Å²) in [6.45, 7) is 5.18. The minimum Gasteiger partial charge on any atom is -0.384 e. The highest BCUT2D eigenvalue weighted by Crippen LogP contribution is 2.29. The molecule has 3 amide bonds. The quantitative estimate of drug-likeness (QED) is 0.0796. The number of aromatic nitrogens is 7. The number of Topliss-reactive ketones (excluding diaryl/α,β-unsaturated/α-hetero) is 1. The summed E-state index contributed by atoms with van der Waals surface area (Å²) in [7, 11) is 0. The first-order valence-electron chi connectivity index (χ1n) is 22.9. The molecule has 77 heavy (non-hydrogen) atoms. The molecule has 2 aliphatic rings. The number of halogens is 5. The molecule has 10 rings (SSSR count). The Hall–Kier alpha value is -8.20. The number of primary amides is 1. The maximum atomic E-state index is 13.1. The van der Waals surface area contributed by atoms with Crippen LogP contribution < -0.4 is 44.1 Å². The smallest absolute Gasteiger partial charge is 0.276 e. The van der Waals surface area contributed by atoms with E-state index < -0.39 is 22.8 Å². The van der Waals surface area contributed by atoms with E-state index in [0.717, 1.165) is 16.7 Å². The number of carbonyl (C=O) groups is 4. The molecule has 5 aromatic heterocycles. The van der Waals surface area contributed by atoms with Gasteiger partial charge in [-0.2, -0.15) is 0 Å². The van der Waals surface area contributed by atoms with Crippen molar-refractivity contribution in [3.8, 4) is 0 Å². The number of benzene rings is 3. The molecule has 2 atom stereocenters. The van der Waals surface area contributed by atoms with Crippen LogP contribution in [0.5, 0.6) is 0 Å². The largest absolute Gasteiger partial charge is 0.384 e. The van der Waals surface area contributed by atoms with Crippen LogP contribution >= 0.6 is 58.0 Å². The minimum atomic E-state index is -0.905. The van der Waals surface area contributed by atoms with Gasteiger partial charge in [-0.3, -0.25) is 42.7 Å². The van der Waals surface area contributed by atoms with Gasteiger partial charge in [0.1, 0.15) is 74.2 Å². The van der Waals surface area contributed by atoms with Crippen molar-refractivity contribution in [2.45, 2.75) is 51.4 Å². The van der Waals surface area contributed by atoms with Gasteiger partial charge in [0.15, 0.2) is 0 Å². The van der Waals surface area contributed by atoms with Crippen molar-refractivity contribution < 1.29 is 19.2 Å². The summed E-state index contributed by atoms with van der Waals surface area (Å²) in [4.78, 5) is 99.2. The van der Waals surface area contributed by atoms with Crippen LogP contribution in [0, 0.1) is 0 Å². The van der Waals surface area contributed by atoms with Gasteiger partial charge in [0.2, 0.25) is 0 Å². The van der Waals surface area contributed by atoms with E-state index in [2.05, 4.69) is 40.9 Å². The zero-order valence-electron chi connectivity index (χ0n) is 41.1. The maximum absolute atomic E-state index is 13.1. The van der Waals surface area contributed by atoms with Gasteiger partial charge in [0.05, 0.1) is 0 Å². The van der Waals surface area contributed by atoms with Crippen molar-refractivity contribution in [2.75, 3.05) is 11.1 Å². The Balaban J connectivity index is 0.000000169. The predicted octanol–water partition coefficient (Wildman–Crippen LogP) is 8.17. The van der Waals surface area contributed by atoms with E-state index in [0.29, 0.717) is 63.0 Å². The Morgan fingerprint density at radius 2 is 1.10 bits per heavy atom. The fourth-order valence-corrected chi connectivity index (χ4v) is 8.78. The molecule has 0 spiro atoms. The van der Waals surface area contributed by atoms with Crippen LogP contribution in [-0.2, 0) is 35.4 Å². The van der Waals surface area contributed by atoms with E-state index in [1.807, 2.05) is 61.5 Å². The number of H-pyrrole nitrogens is 1. The van der Waals surface area contributed by atoms with Crippen molar-refractivity contribution in [1.82, 2.24) is 44.7 Å². The van der Waals surface area contributed by atoms with E-state index in [4.69, 9.17) is 69.5 Å². The maximum Gasteiger partial charge on any atom is 0.276 e. The molecule has 24 heteroatoms. The van der Waals surface area contributed by atoms with Crippen molar-refractivity contribution in [3.05, 3.63) is 236 Å². The fourth-order valence-electron chi connectivity index (χ4n) is 7.88. The van der Waals surface area contributed by atoms with Gasteiger partial charge in [-0.05, 0) is 122 Å². The topological polar surface area (TPSA) is 285 Å². The molecule has 0 saturated heterocycles. The SMILES string of the molecule is CC(=O)Cc1cccc(Cl)c1.CC1(Cc2cccc(Cl)c2)NC(=O)c2ccc(Cl)c(=O)n21.CC1(Cc2cccc(Cl)c2)NC(=O)c2ccc(Nc3ccncn3)c(=O)n21.NC(=O)c1ccc(Cl)c(=O)[nH]1.Nc1ccncn1. The fraction of sp³-hybridized carbons (Fsp3) is 0.151. The summed E-state index contributed by atoms with van der Waals surface area (Å²) in [5.74, 6) is -0.0870. The number of carbonyl (C=O) groups excluding carboxylic acids is 4. The Bertz CT molecular complexity index is 3640. The lowest BCUT2D eigenvalue weighted by Crippen LogP contribution is -2.46. The van der Waals surface area contributed by atoms with Crippen molar-refractivity contribution in [1.29, 1.82) is 0 Å². The highest BCUT2D eigenvalue weighted by Gasteiger charge is 2.41. The van der Waals surface area contributed by atoms with Gasteiger partial charge in [0, 0.05) is 46.7 Å². The Morgan fingerprint density at radius 1 is 0.610 bits per heavy atom. The van der Waals surface area contributed by atoms with Crippen molar-refractivity contribution in [3.63, 3.8) is 0 Å². The highest BCUT2D eigenvalue weighted by atomic mass is 35.5. The Labute approximate surface area is 464 Å². The van der Waals surface area contributed by atoms with Gasteiger partial charge in [0.25, 0.3) is 34.4 Å². The zero-order valence-corrected chi connectivity index (χ0v) is 44.8. The van der Waals surface area contributed by atoms with Crippen LogP contribution in [0.3, 0.4) is 0 Å². The van der Waals surface area contributed by atoms with E-state index in [-0.39, 0.29) is 44.5 Å². The molecule has 7 heterocycles. The van der Waals surface area contributed by atoms with Gasteiger partial charge in [-0.25, -0.2) is 19.9 Å². The zero-order chi connectivity index (χ0) is 56.0. The number of nitrogens with one attached hydrogen (secondary N) is 4. The molecule has 2 unspecified atom stereocenters. The average molecular weight is 1140 g/mol. The molecule has 8 aromatic rings. The Morgan fingerprint density at radius 3 is 1.56 bits per heavy atom. The number of rotatable bonds is 9. The summed E-state index contributed by atoms with van der Waals surface area (Å²) in [5, 5.41) is 10.8. The summed E-state index contributed by atoms with van der Waals surface area (Å²) in [5.41, 5.74) is 10.9. The molecule has 0 saturated carbocycles. The van der Waals surface area contributed by atoms with Crippen molar-refractivity contribution >= 4 is 98.8 Å². The standard InChI is InChI=1S/C19H16ClN5O2.C15H12Cl2N2O2.C9H9ClO.C6H5ClN2O2.C4H5N3/c1-19(10-12-3-2-4-13(20)9-12)24-17(26)15-6-5-14(18(27)25(15)19)23-16-7-8-21-11-22-16;1-15(8-9-3-2-4-10(16)7-9)18-13(20)12-6-5-11(17)14(21)19(12)15;1-7(11)5-8-3-2-4-9(10)6-8;7-3-1-2-4(5(8)10)9-6(3)11;5-4-1-2-6-3-7-4/h2-9,11H,10H2,1H3,(H,24,26)(H,21,22,23);2-7H,8H2,1H3,(H,18,20);2-4,6H,5H2,1H3;1-2H,(H2,8,10)(H,9,11);1-3H,(H2,5,6,7). The number of fused-ring (bicyclic) bond motifs is 2. The molecule has 19 nitrogen and oxygen atoms in total. The monoisotopic (exact) mass is 1140 g/mol. The number of anilines is 3. The van der Waals surface area contributed by atoms with Crippen LogP contribution in [-0.4, -0.2) is 57.6 Å². The number of nitrogens with two attached hydrogens (primary N) is 2. The minimum absolute atomic E-state index is 0.0370. The molecule has 0 bridgehead atoms. The van der Waals surface area contributed by atoms with E-state index >= 15 is 0 Å². The molecule has 0 aliphatic carbocycles. The summed E-state index contributed by atoms with van der Waals surface area (Å²) in [6.07, 6.45) is 7.31. The van der Waals surface area contributed by atoms with E-state index in [9.17, 15) is 33.6 Å². The lowest BCUT2D eigenvalue weighted by Gasteiger charge is -2.27. The average Bonchev–Trinajstić information content (AvgIpc) is 3.78. The van der Waals surface area contributed by atoms with Crippen LogP contribution in [0.15, 0.2) is 161 Å². The highest BCUT2D eigenvalue weighted by molar-refractivity contribution is 6.31. The molecular weight excluding hydrogens is 1090 g/mol. The van der Waals surface area contributed by atoms with Gasteiger partial charge in [-0.15, -0.1) is 0 Å². The summed E-state index contributed by atoms with van der Waals surface area (Å²) >= 11 is 29.1. The number of hydrogen-bond donors (Lipinski definition) is 6. The van der Waals surface area contributed by atoms with Gasteiger partial charge < -0.3 is 32.4 Å². The van der Waals surface area contributed by atoms with Gasteiger partial charge in [-0.1, -0.05) is 94.4 Å². The van der Waals surface area contributed by atoms with Crippen LogP contribution in [0.25, 0.3) is 0 Å². The van der Waals surface area contributed by atoms with E-state index in [1.165, 1.54) is 40.0 Å². The second-order valence-electron chi connectivity index (χ2n) is 17.3. The third-order valence-corrected chi connectivity index (χ3v) is 12.4. The third kappa shape index (κ3) is 15.7. The van der Waals surface area contributed by atoms with E-state index in [1.54, 1.807) is 74.8 Å². The molecule has 3 aromatic carbocycles. The number of pyridine rings is 3. The number of nitrogens with zero attached hydrogens (tertiary/aromatic N) is 6. The number of hydrogen-bond acceptors (Lipinski definition) is 13. The first kappa shape index (κ1) is 58.1. The number of aromatic amines is 1. The number of nitrogen functional groups attached to an aromatic ring is 1. The molecular formula is C53H47Cl5N12O7. The lowest BCUT2D eigenvalue weighted by atomic mass is 10.0. The van der Waals surface area contributed by atoms with Crippen molar-refractivity contribution in [2.24, 2.45) is 5.73 Å². The predicted molar refractivity (Wildman–Crippen MR) is 297 cm³/mol. The second kappa shape index (κ2) is 26.0. The lowest BCUT2D eigenvalue weighted by molar-refractivity contribution is -0.116. The van der Waals surface area contributed by atoms with Gasteiger partial charge >= 0.3 is 0 Å². The molecule has 2 aliphatic heterocycles. The first-order chi connectivity index (χ1) is 36.5. The van der Waals surface area contributed by atoms with Crippen LogP contribution in [0.2, 0.25) is 25.1 Å². The molecule has 0 radical (unpaired) electrons. The normalized spacial score (nSPS) is 15.4. The van der Waals surface area contributed by atoms with Crippen LogP contribution in [0.4, 0.5) is 17.3 Å². The molecule has 396 valence electrons. The molecule has 0 fully saturated rings. The Kier molecular flexibility index (Phi) is 19.6. The number of ketones is 1. The third-order valence-electron chi connectivity index (χ3n) is 11.1. The second-order valence-corrected chi connectivity index (χ2v) is 19.4. The summed E-state index contributed by atoms with van der Waals surface area (Å²) in [6, 6.07) is 34.2. The number of amides is 3. The molecule has 8 N–H and O–H groups in total.